The number of halogens is 2. The summed E-state index contributed by atoms with van der Waals surface area (Å²) in [7, 11) is 0. The Labute approximate surface area is 225 Å². The van der Waals surface area contributed by atoms with E-state index >= 15 is 0 Å². The molecule has 1 atom stereocenters. The molecule has 186 valence electrons. The Morgan fingerprint density at radius 1 is 0.892 bits per heavy atom. The van der Waals surface area contributed by atoms with Crippen LogP contribution in [0.5, 0.6) is 0 Å². The molecule has 2 amide bonds. The van der Waals surface area contributed by atoms with Crippen molar-refractivity contribution in [1.29, 1.82) is 0 Å². The molecule has 0 spiro atoms. The minimum Gasteiger partial charge on any atom is -0.326 e. The number of hydrogen-bond acceptors (Lipinski definition) is 2. The van der Waals surface area contributed by atoms with Gasteiger partial charge in [-0.2, -0.15) is 0 Å². The Bertz CT molecular complexity index is 1520. The fraction of sp³-hybridized carbons (Fsp3) is 0.200. The molecule has 3 aromatic carbocycles. The molecule has 0 radical (unpaired) electrons. The second kappa shape index (κ2) is 9.40. The van der Waals surface area contributed by atoms with Gasteiger partial charge in [0.05, 0.1) is 27.1 Å². The maximum atomic E-state index is 14.2. The van der Waals surface area contributed by atoms with E-state index in [0.717, 1.165) is 41.0 Å². The number of carbonyl (C=O) groups is 2. The molecule has 37 heavy (non-hydrogen) atoms. The number of para-hydroxylation sites is 2. The van der Waals surface area contributed by atoms with Crippen molar-refractivity contribution in [3.63, 3.8) is 0 Å². The first kappa shape index (κ1) is 23.8. The van der Waals surface area contributed by atoms with E-state index in [1.165, 1.54) is 0 Å². The Balaban J connectivity index is 1.41. The normalized spacial score (nSPS) is 16.2. The van der Waals surface area contributed by atoms with Crippen LogP contribution in [0.2, 0.25) is 10.0 Å². The molecule has 0 bridgehead atoms. The van der Waals surface area contributed by atoms with E-state index in [1.54, 1.807) is 23.1 Å². The summed E-state index contributed by atoms with van der Waals surface area (Å²) in [6.07, 6.45) is 3.78. The predicted molar refractivity (Wildman–Crippen MR) is 147 cm³/mol. The van der Waals surface area contributed by atoms with E-state index < -0.39 is 0 Å². The maximum absolute atomic E-state index is 14.2. The van der Waals surface area contributed by atoms with E-state index in [0.29, 0.717) is 15.6 Å². The van der Waals surface area contributed by atoms with Crippen molar-refractivity contribution in [3.8, 4) is 5.69 Å². The summed E-state index contributed by atoms with van der Waals surface area (Å²) in [5.41, 5.74) is 5.34. The van der Waals surface area contributed by atoms with Crippen molar-refractivity contribution in [2.45, 2.75) is 31.8 Å². The second-order valence-corrected chi connectivity index (χ2v) is 10.5. The Kier molecular flexibility index (Phi) is 6.06. The number of amides is 2. The fourth-order valence-electron chi connectivity index (χ4n) is 5.19. The van der Waals surface area contributed by atoms with Gasteiger partial charge < -0.3 is 9.47 Å². The zero-order valence-electron chi connectivity index (χ0n) is 20.3. The lowest BCUT2D eigenvalue weighted by atomic mass is 9.96. The Morgan fingerprint density at radius 2 is 1.68 bits per heavy atom. The van der Waals surface area contributed by atoms with Crippen LogP contribution in [0, 0.1) is 6.92 Å². The number of benzene rings is 3. The lowest BCUT2D eigenvalue weighted by molar-refractivity contribution is -0.119. The van der Waals surface area contributed by atoms with Crippen molar-refractivity contribution in [3.05, 3.63) is 117 Å². The third-order valence-electron chi connectivity index (χ3n) is 7.07. The van der Waals surface area contributed by atoms with E-state index in [1.807, 2.05) is 47.5 Å². The van der Waals surface area contributed by atoms with Crippen LogP contribution in [0.25, 0.3) is 5.69 Å². The molecule has 5 nitrogen and oxygen atoms in total. The molecular weight excluding hydrogens is 505 g/mol. The highest BCUT2D eigenvalue weighted by atomic mass is 35.5. The lowest BCUT2D eigenvalue weighted by Crippen LogP contribution is -2.47. The quantitative estimate of drug-likeness (QED) is 0.284. The highest BCUT2D eigenvalue weighted by Gasteiger charge is 2.40. The minimum absolute atomic E-state index is 0.0267. The van der Waals surface area contributed by atoms with Gasteiger partial charge in [0.25, 0.3) is 5.91 Å². The highest BCUT2D eigenvalue weighted by Crippen LogP contribution is 2.43. The molecule has 1 aliphatic carbocycles. The van der Waals surface area contributed by atoms with E-state index in [9.17, 15) is 9.59 Å². The van der Waals surface area contributed by atoms with Crippen molar-refractivity contribution in [2.24, 2.45) is 0 Å². The van der Waals surface area contributed by atoms with Crippen LogP contribution in [-0.4, -0.2) is 33.9 Å². The Hall–Kier alpha value is -3.54. The van der Waals surface area contributed by atoms with Gasteiger partial charge in [0.2, 0.25) is 5.91 Å². The van der Waals surface area contributed by atoms with Gasteiger partial charge in [0, 0.05) is 17.8 Å². The summed E-state index contributed by atoms with van der Waals surface area (Å²) in [5.74, 6) is -0.345. The molecule has 0 N–H and O–H groups in total. The Morgan fingerprint density at radius 3 is 2.41 bits per heavy atom. The largest absolute Gasteiger partial charge is 0.326 e. The van der Waals surface area contributed by atoms with Gasteiger partial charge in [-0.3, -0.25) is 14.5 Å². The molecule has 1 fully saturated rings. The summed E-state index contributed by atoms with van der Waals surface area (Å²) in [6.45, 7) is 2.03. The first-order valence-electron chi connectivity index (χ1n) is 12.3. The number of fused-ring (bicyclic) bond motifs is 3. The molecule has 2 heterocycles. The molecule has 2 aliphatic rings. The molecule has 1 aliphatic heterocycles. The van der Waals surface area contributed by atoms with Gasteiger partial charge in [0.1, 0.15) is 12.6 Å². The van der Waals surface area contributed by atoms with E-state index in [-0.39, 0.29) is 30.4 Å². The molecule has 7 heteroatoms. The van der Waals surface area contributed by atoms with Gasteiger partial charge >= 0.3 is 0 Å². The number of anilines is 1. The fourth-order valence-corrected chi connectivity index (χ4v) is 5.49. The molecular formula is C30H25Cl2N3O2. The summed E-state index contributed by atoms with van der Waals surface area (Å²) in [5, 5.41) is 0.709. The standard InChI is InChI=1S/C30H25Cl2N3O2/c1-19-6-4-7-20(16-19)29-27-10-5-15-33(27)25-8-2-3-9-26(25)35(29)28(36)18-34(22-12-13-22)30(37)21-11-14-23(31)24(32)17-21/h2-11,14-17,22,29H,12-13,18H2,1H3. The van der Waals surface area contributed by atoms with Gasteiger partial charge in [0.15, 0.2) is 0 Å². The van der Waals surface area contributed by atoms with Gasteiger partial charge in [-0.1, -0.05) is 65.2 Å². The molecule has 4 aromatic rings. The average Bonchev–Trinajstić information content (AvgIpc) is 3.62. The van der Waals surface area contributed by atoms with Crippen LogP contribution < -0.4 is 4.90 Å². The number of aromatic nitrogens is 1. The SMILES string of the molecule is Cc1cccc(C2c3cccn3-c3ccccc3N2C(=O)CN(C(=O)c2ccc(Cl)c(Cl)c2)C2CC2)c1. The average molecular weight is 530 g/mol. The van der Waals surface area contributed by atoms with Gasteiger partial charge in [-0.05, 0) is 67.8 Å². The topological polar surface area (TPSA) is 45.6 Å². The van der Waals surface area contributed by atoms with Crippen molar-refractivity contribution < 1.29 is 9.59 Å². The highest BCUT2D eigenvalue weighted by molar-refractivity contribution is 6.42. The van der Waals surface area contributed by atoms with Gasteiger partial charge in [-0.15, -0.1) is 0 Å². The number of nitrogens with zero attached hydrogens (tertiary/aromatic N) is 3. The number of carbonyl (C=O) groups excluding carboxylic acids is 2. The minimum atomic E-state index is -0.321. The molecule has 6 rings (SSSR count). The number of hydrogen-bond donors (Lipinski definition) is 0. The number of aryl methyl sites for hydroxylation is 1. The molecule has 1 unspecified atom stereocenters. The van der Waals surface area contributed by atoms with E-state index in [4.69, 9.17) is 23.2 Å². The smallest absolute Gasteiger partial charge is 0.254 e. The van der Waals surface area contributed by atoms with Crippen LogP contribution >= 0.6 is 23.2 Å². The number of rotatable bonds is 5. The molecule has 0 saturated heterocycles. The van der Waals surface area contributed by atoms with Crippen molar-refractivity contribution in [1.82, 2.24) is 9.47 Å². The van der Waals surface area contributed by atoms with Crippen LogP contribution in [0.4, 0.5) is 5.69 Å². The predicted octanol–water partition coefficient (Wildman–Crippen LogP) is 6.83. The second-order valence-electron chi connectivity index (χ2n) is 9.67. The van der Waals surface area contributed by atoms with Crippen LogP contribution in [0.1, 0.15) is 46.1 Å². The zero-order chi connectivity index (χ0) is 25.7. The van der Waals surface area contributed by atoms with Crippen molar-refractivity contribution >= 4 is 40.7 Å². The monoisotopic (exact) mass is 529 g/mol. The van der Waals surface area contributed by atoms with E-state index in [2.05, 4.69) is 35.8 Å². The third kappa shape index (κ3) is 4.32. The van der Waals surface area contributed by atoms with Crippen LogP contribution in [0.15, 0.2) is 85.1 Å². The summed E-state index contributed by atoms with van der Waals surface area (Å²) in [6, 6.07) is 24.8. The van der Waals surface area contributed by atoms with Crippen molar-refractivity contribution in [2.75, 3.05) is 11.4 Å². The first-order valence-corrected chi connectivity index (χ1v) is 13.1. The summed E-state index contributed by atoms with van der Waals surface area (Å²) >= 11 is 12.3. The van der Waals surface area contributed by atoms with Crippen LogP contribution in [-0.2, 0) is 4.79 Å². The van der Waals surface area contributed by atoms with Crippen LogP contribution in [0.3, 0.4) is 0 Å². The first-order chi connectivity index (χ1) is 17.9. The maximum Gasteiger partial charge on any atom is 0.254 e. The lowest BCUT2D eigenvalue weighted by Gasteiger charge is -2.39. The third-order valence-corrected chi connectivity index (χ3v) is 7.81. The van der Waals surface area contributed by atoms with Gasteiger partial charge in [-0.25, -0.2) is 0 Å². The molecule has 1 saturated carbocycles. The summed E-state index contributed by atoms with van der Waals surface area (Å²) < 4.78 is 2.14. The summed E-state index contributed by atoms with van der Waals surface area (Å²) in [4.78, 5) is 31.3. The molecule has 1 aromatic heterocycles. The zero-order valence-corrected chi connectivity index (χ0v) is 21.8.